The van der Waals surface area contributed by atoms with Crippen molar-refractivity contribution in [2.24, 2.45) is 5.92 Å². The normalized spacial score (nSPS) is 29.8. The van der Waals surface area contributed by atoms with E-state index in [0.717, 1.165) is 6.42 Å². The van der Waals surface area contributed by atoms with E-state index in [1.165, 1.54) is 0 Å². The molecule has 1 aliphatic heterocycles. The third kappa shape index (κ3) is 1.85. The molecule has 0 aromatic rings. The lowest BCUT2D eigenvalue weighted by Crippen LogP contribution is -2.58. The Labute approximate surface area is 89.6 Å². The van der Waals surface area contributed by atoms with Crippen LogP contribution in [0.3, 0.4) is 0 Å². The van der Waals surface area contributed by atoms with Gasteiger partial charge in [0.2, 0.25) is 0 Å². The van der Waals surface area contributed by atoms with Crippen molar-refractivity contribution in [2.75, 3.05) is 6.54 Å². The summed E-state index contributed by atoms with van der Waals surface area (Å²) in [6.45, 7) is 6.10. The summed E-state index contributed by atoms with van der Waals surface area (Å²) in [4.78, 5) is 24.7. The molecular formula is C11H17NO3. The predicted octanol–water partition coefficient (Wildman–Crippen LogP) is 1.58. The molecule has 84 valence electrons. The van der Waals surface area contributed by atoms with Gasteiger partial charge in [-0.1, -0.05) is 0 Å². The Balaban J connectivity index is 1.93. The largest absolute Gasteiger partial charge is 0.444 e. The molecule has 0 unspecified atom stereocenters. The number of hydrogen-bond donors (Lipinski definition) is 0. The van der Waals surface area contributed by atoms with Crippen LogP contribution < -0.4 is 0 Å². The van der Waals surface area contributed by atoms with Crippen molar-refractivity contribution in [2.45, 2.75) is 45.3 Å². The lowest BCUT2D eigenvalue weighted by Gasteiger charge is -2.43. The summed E-state index contributed by atoms with van der Waals surface area (Å²) in [7, 11) is 0. The molecule has 0 radical (unpaired) electrons. The molecule has 2 aliphatic rings. The molecule has 0 bridgehead atoms. The first kappa shape index (κ1) is 10.5. The maximum absolute atomic E-state index is 11.7. The minimum atomic E-state index is -0.454. The molecule has 0 N–H and O–H groups in total. The highest BCUT2D eigenvalue weighted by atomic mass is 16.6. The highest BCUT2D eigenvalue weighted by Crippen LogP contribution is 2.37. The highest BCUT2D eigenvalue weighted by molar-refractivity contribution is 5.87. The molecule has 1 saturated heterocycles. The van der Waals surface area contributed by atoms with Gasteiger partial charge in [0.25, 0.3) is 0 Å². The zero-order valence-electron chi connectivity index (χ0n) is 9.45. The van der Waals surface area contributed by atoms with E-state index in [4.69, 9.17) is 4.74 Å². The second-order valence-electron chi connectivity index (χ2n) is 5.31. The molecule has 2 rings (SSSR count). The number of rotatable bonds is 0. The Morgan fingerprint density at radius 1 is 1.47 bits per heavy atom. The van der Waals surface area contributed by atoms with Gasteiger partial charge in [0.1, 0.15) is 11.4 Å². The van der Waals surface area contributed by atoms with Crippen LogP contribution in [0.2, 0.25) is 0 Å². The van der Waals surface area contributed by atoms with Crippen LogP contribution in [0.15, 0.2) is 0 Å². The first-order valence-corrected chi connectivity index (χ1v) is 5.41. The van der Waals surface area contributed by atoms with Crippen molar-refractivity contribution < 1.29 is 14.3 Å². The first-order valence-electron chi connectivity index (χ1n) is 5.41. The molecule has 0 aromatic heterocycles. The van der Waals surface area contributed by atoms with Gasteiger partial charge in [-0.15, -0.1) is 0 Å². The minimum Gasteiger partial charge on any atom is -0.444 e. The Hall–Kier alpha value is -1.06. The van der Waals surface area contributed by atoms with E-state index in [-0.39, 0.29) is 18.1 Å². The number of ether oxygens (including phenoxy) is 1. The molecule has 4 heteroatoms. The minimum absolute atomic E-state index is 0.0949. The summed E-state index contributed by atoms with van der Waals surface area (Å²) < 4.78 is 5.26. The standard InChI is InChI=1S/C11H17NO3/c1-11(2,3)15-10(14)12-6-7-8(12)4-5-9(7)13/h7-8H,4-6H2,1-3H3/t7-,8-/m1/s1. The molecule has 0 spiro atoms. The van der Waals surface area contributed by atoms with Gasteiger partial charge < -0.3 is 9.64 Å². The number of carbonyl (C=O) groups excluding carboxylic acids is 2. The molecule has 0 aromatic carbocycles. The van der Waals surface area contributed by atoms with E-state index < -0.39 is 5.60 Å². The molecule has 2 fully saturated rings. The summed E-state index contributed by atoms with van der Waals surface area (Å²) in [5, 5.41) is 0. The lowest BCUT2D eigenvalue weighted by atomic mass is 9.92. The van der Waals surface area contributed by atoms with Crippen molar-refractivity contribution in [1.82, 2.24) is 4.90 Å². The molecule has 1 saturated carbocycles. The molecule has 1 aliphatic carbocycles. The van der Waals surface area contributed by atoms with Crippen LogP contribution >= 0.6 is 0 Å². The van der Waals surface area contributed by atoms with Gasteiger partial charge in [0.05, 0.1) is 5.92 Å². The van der Waals surface area contributed by atoms with E-state index in [2.05, 4.69) is 0 Å². The molecular weight excluding hydrogens is 194 g/mol. The Morgan fingerprint density at radius 3 is 2.67 bits per heavy atom. The maximum Gasteiger partial charge on any atom is 0.410 e. The Morgan fingerprint density at radius 2 is 2.13 bits per heavy atom. The second-order valence-corrected chi connectivity index (χ2v) is 5.31. The van der Waals surface area contributed by atoms with Gasteiger partial charge >= 0.3 is 6.09 Å². The average molecular weight is 211 g/mol. The Bertz CT molecular complexity index is 305. The van der Waals surface area contributed by atoms with Crippen molar-refractivity contribution in [3.63, 3.8) is 0 Å². The van der Waals surface area contributed by atoms with E-state index in [1.807, 2.05) is 20.8 Å². The molecule has 1 amide bonds. The van der Waals surface area contributed by atoms with Crippen molar-refractivity contribution in [1.29, 1.82) is 0 Å². The van der Waals surface area contributed by atoms with Crippen LogP contribution in [0.5, 0.6) is 0 Å². The monoisotopic (exact) mass is 211 g/mol. The smallest absolute Gasteiger partial charge is 0.410 e. The predicted molar refractivity (Wildman–Crippen MR) is 54.5 cm³/mol. The van der Waals surface area contributed by atoms with Crippen LogP contribution in [0, 0.1) is 5.92 Å². The number of Topliss-reactive ketones (excluding diaryl/α,β-unsaturated/α-hetero) is 1. The summed E-state index contributed by atoms with van der Waals surface area (Å²) in [5.74, 6) is 0.400. The zero-order chi connectivity index (χ0) is 11.2. The topological polar surface area (TPSA) is 46.6 Å². The molecule has 2 atom stereocenters. The van der Waals surface area contributed by atoms with Gasteiger partial charge in [-0.3, -0.25) is 4.79 Å². The number of amides is 1. The molecule has 15 heavy (non-hydrogen) atoms. The number of ketones is 1. The zero-order valence-corrected chi connectivity index (χ0v) is 9.45. The fourth-order valence-corrected chi connectivity index (χ4v) is 2.23. The third-order valence-corrected chi connectivity index (χ3v) is 2.99. The third-order valence-electron chi connectivity index (χ3n) is 2.99. The maximum atomic E-state index is 11.7. The summed E-state index contributed by atoms with van der Waals surface area (Å²) in [5.41, 5.74) is -0.454. The van der Waals surface area contributed by atoms with Crippen LogP contribution in [0.4, 0.5) is 4.79 Å². The van der Waals surface area contributed by atoms with Gasteiger partial charge in [0.15, 0.2) is 0 Å². The van der Waals surface area contributed by atoms with Gasteiger partial charge in [-0.2, -0.15) is 0 Å². The van der Waals surface area contributed by atoms with E-state index in [0.29, 0.717) is 18.7 Å². The van der Waals surface area contributed by atoms with Gasteiger partial charge in [-0.05, 0) is 27.2 Å². The first-order chi connectivity index (χ1) is 6.88. The quantitative estimate of drug-likeness (QED) is 0.611. The van der Waals surface area contributed by atoms with Gasteiger partial charge in [-0.25, -0.2) is 4.79 Å². The van der Waals surface area contributed by atoms with Crippen molar-refractivity contribution in [3.8, 4) is 0 Å². The summed E-state index contributed by atoms with van der Waals surface area (Å²) in [6.07, 6.45) is 1.15. The fourth-order valence-electron chi connectivity index (χ4n) is 2.23. The van der Waals surface area contributed by atoms with E-state index in [9.17, 15) is 9.59 Å². The van der Waals surface area contributed by atoms with Crippen LogP contribution in [0.1, 0.15) is 33.6 Å². The SMILES string of the molecule is CC(C)(C)OC(=O)N1C[C@H]2C(=O)CC[C@H]21. The molecule has 4 nitrogen and oxygen atoms in total. The van der Waals surface area contributed by atoms with Crippen molar-refractivity contribution in [3.05, 3.63) is 0 Å². The fraction of sp³-hybridized carbons (Fsp3) is 0.818. The van der Waals surface area contributed by atoms with Crippen LogP contribution in [0.25, 0.3) is 0 Å². The van der Waals surface area contributed by atoms with Crippen LogP contribution in [-0.4, -0.2) is 35.0 Å². The number of nitrogens with zero attached hydrogens (tertiary/aromatic N) is 1. The van der Waals surface area contributed by atoms with E-state index in [1.54, 1.807) is 4.90 Å². The van der Waals surface area contributed by atoms with E-state index >= 15 is 0 Å². The highest BCUT2D eigenvalue weighted by Gasteiger charge is 2.50. The summed E-state index contributed by atoms with van der Waals surface area (Å²) in [6, 6.07) is 0.118. The van der Waals surface area contributed by atoms with Crippen LogP contribution in [-0.2, 0) is 9.53 Å². The Kier molecular flexibility index (Phi) is 2.24. The lowest BCUT2D eigenvalue weighted by molar-refractivity contribution is -0.125. The summed E-state index contributed by atoms with van der Waals surface area (Å²) >= 11 is 0. The number of likely N-dealkylation sites (tertiary alicyclic amines) is 1. The second kappa shape index (κ2) is 3.22. The van der Waals surface area contributed by atoms with Gasteiger partial charge in [0, 0.05) is 19.0 Å². The number of hydrogen-bond acceptors (Lipinski definition) is 3. The molecule has 1 heterocycles. The average Bonchev–Trinajstić information content (AvgIpc) is 2.22. The van der Waals surface area contributed by atoms with Crippen molar-refractivity contribution >= 4 is 11.9 Å². The number of carbonyl (C=O) groups is 2. The number of fused-ring (bicyclic) bond motifs is 1.